The van der Waals surface area contributed by atoms with E-state index in [1.807, 2.05) is 54.8 Å². The van der Waals surface area contributed by atoms with Crippen LogP contribution >= 0.6 is 0 Å². The Bertz CT molecular complexity index is 656. The second kappa shape index (κ2) is 6.72. The average Bonchev–Trinajstić information content (AvgIpc) is 2.47. The minimum atomic E-state index is -0.369. The molecule has 0 saturated heterocycles. The summed E-state index contributed by atoms with van der Waals surface area (Å²) in [6.45, 7) is 6.90. The smallest absolute Gasteiger partial charge is 0.255 e. The second-order valence-corrected chi connectivity index (χ2v) is 5.63. The van der Waals surface area contributed by atoms with Crippen molar-refractivity contribution in [1.29, 1.82) is 0 Å². The number of rotatable bonds is 5. The summed E-state index contributed by atoms with van der Waals surface area (Å²) < 4.78 is 1.84. The largest absolute Gasteiger partial charge is 0.320 e. The molecule has 1 heterocycles. The molecule has 3 nitrogen and oxygen atoms in total. The fraction of sp³-hybridized carbons (Fsp3) is 0.389. The van der Waals surface area contributed by atoms with Crippen molar-refractivity contribution in [2.45, 2.75) is 46.2 Å². The van der Waals surface area contributed by atoms with Crippen LogP contribution in [0, 0.1) is 13.8 Å². The normalized spacial score (nSPS) is 12.4. The maximum Gasteiger partial charge on any atom is 0.255 e. The fourth-order valence-electron chi connectivity index (χ4n) is 2.47. The van der Waals surface area contributed by atoms with E-state index in [2.05, 4.69) is 6.92 Å². The Morgan fingerprint density at radius 3 is 2.38 bits per heavy atom. The molecule has 2 aromatic rings. The zero-order chi connectivity index (χ0) is 15.4. The van der Waals surface area contributed by atoms with Gasteiger partial charge in [-0.15, -0.1) is 0 Å². The minimum absolute atomic E-state index is 0.0384. The molecule has 2 rings (SSSR count). The number of aromatic nitrogens is 1. The van der Waals surface area contributed by atoms with Crippen LogP contribution in [-0.4, -0.2) is 4.57 Å². The van der Waals surface area contributed by atoms with Crippen LogP contribution in [0.4, 0.5) is 0 Å². The average molecular weight is 284 g/mol. The molecule has 0 bridgehead atoms. The van der Waals surface area contributed by atoms with Gasteiger partial charge in [-0.25, -0.2) is 0 Å². The summed E-state index contributed by atoms with van der Waals surface area (Å²) >= 11 is 0. The van der Waals surface area contributed by atoms with Gasteiger partial charge in [-0.3, -0.25) is 4.79 Å². The molecule has 1 unspecified atom stereocenters. The van der Waals surface area contributed by atoms with Crippen molar-refractivity contribution in [2.75, 3.05) is 0 Å². The molecule has 0 amide bonds. The van der Waals surface area contributed by atoms with Crippen LogP contribution in [0.3, 0.4) is 0 Å². The van der Waals surface area contributed by atoms with Crippen LogP contribution in [-0.2, 0) is 6.54 Å². The van der Waals surface area contributed by atoms with Crippen LogP contribution in [0.2, 0.25) is 0 Å². The van der Waals surface area contributed by atoms with Crippen LogP contribution in [0.25, 0.3) is 0 Å². The van der Waals surface area contributed by atoms with E-state index >= 15 is 0 Å². The topological polar surface area (TPSA) is 48.0 Å². The molecule has 0 aliphatic carbocycles. The summed E-state index contributed by atoms with van der Waals surface area (Å²) in [5, 5.41) is 0. The molecule has 0 radical (unpaired) electrons. The Morgan fingerprint density at radius 1 is 1.10 bits per heavy atom. The molecule has 0 fully saturated rings. The highest BCUT2D eigenvalue weighted by atomic mass is 16.1. The number of pyridine rings is 1. The van der Waals surface area contributed by atoms with Crippen molar-refractivity contribution in [1.82, 2.24) is 4.57 Å². The van der Waals surface area contributed by atoms with Crippen molar-refractivity contribution >= 4 is 0 Å². The van der Waals surface area contributed by atoms with Crippen molar-refractivity contribution in [2.24, 2.45) is 5.73 Å². The van der Waals surface area contributed by atoms with Gasteiger partial charge in [-0.1, -0.05) is 43.2 Å². The highest BCUT2D eigenvalue weighted by Gasteiger charge is 2.15. The maximum atomic E-state index is 12.7. The number of nitrogens with zero attached hydrogens (tertiary/aromatic N) is 1. The molecule has 21 heavy (non-hydrogen) atoms. The standard InChI is InChI=1S/C18H24N2O/c1-4-5-12-20-14(3)8-11-16(18(20)21)17(19)15-9-6-13(2)7-10-15/h6-11,17H,4-5,12,19H2,1-3H3. The van der Waals surface area contributed by atoms with Crippen molar-refractivity contribution < 1.29 is 0 Å². The quantitative estimate of drug-likeness (QED) is 0.915. The lowest BCUT2D eigenvalue weighted by atomic mass is 9.99. The summed E-state index contributed by atoms with van der Waals surface area (Å²) in [6.07, 6.45) is 2.07. The van der Waals surface area contributed by atoms with Crippen molar-refractivity contribution in [3.63, 3.8) is 0 Å². The minimum Gasteiger partial charge on any atom is -0.320 e. The van der Waals surface area contributed by atoms with Gasteiger partial charge in [0.15, 0.2) is 0 Å². The van der Waals surface area contributed by atoms with Gasteiger partial charge in [-0.05, 0) is 38.0 Å². The second-order valence-electron chi connectivity index (χ2n) is 5.63. The Hall–Kier alpha value is -1.87. The molecular weight excluding hydrogens is 260 g/mol. The Kier molecular flexibility index (Phi) is 4.97. The molecule has 1 atom stereocenters. The van der Waals surface area contributed by atoms with Gasteiger partial charge in [0.25, 0.3) is 5.56 Å². The van der Waals surface area contributed by atoms with Crippen molar-refractivity contribution in [3.05, 3.63) is 69.1 Å². The van der Waals surface area contributed by atoms with Gasteiger partial charge < -0.3 is 10.3 Å². The van der Waals surface area contributed by atoms with Gasteiger partial charge in [0.2, 0.25) is 0 Å². The van der Waals surface area contributed by atoms with E-state index in [4.69, 9.17) is 5.73 Å². The first-order valence-corrected chi connectivity index (χ1v) is 7.57. The molecule has 2 N–H and O–H groups in total. The summed E-state index contributed by atoms with van der Waals surface area (Å²) in [5.41, 5.74) is 10.2. The van der Waals surface area contributed by atoms with Gasteiger partial charge in [0, 0.05) is 17.8 Å². The first kappa shape index (κ1) is 15.5. The van der Waals surface area contributed by atoms with Gasteiger partial charge in [0.1, 0.15) is 0 Å². The molecule has 0 saturated carbocycles. The monoisotopic (exact) mass is 284 g/mol. The van der Waals surface area contributed by atoms with Gasteiger partial charge >= 0.3 is 0 Å². The van der Waals surface area contributed by atoms with E-state index < -0.39 is 0 Å². The van der Waals surface area contributed by atoms with E-state index in [1.165, 1.54) is 5.56 Å². The van der Waals surface area contributed by atoms with Gasteiger partial charge in [-0.2, -0.15) is 0 Å². The number of unbranched alkanes of at least 4 members (excludes halogenated alkanes) is 1. The summed E-state index contributed by atoms with van der Waals surface area (Å²) in [5.74, 6) is 0. The van der Waals surface area contributed by atoms with Crippen LogP contribution in [0.1, 0.15) is 48.2 Å². The molecule has 0 spiro atoms. The third kappa shape index (κ3) is 3.42. The number of nitrogens with two attached hydrogens (primary N) is 1. The Balaban J connectivity index is 2.39. The first-order chi connectivity index (χ1) is 10.0. The van der Waals surface area contributed by atoms with Crippen LogP contribution < -0.4 is 11.3 Å². The molecule has 0 aliphatic rings. The lowest BCUT2D eigenvalue weighted by Gasteiger charge is -2.16. The molecule has 3 heteroatoms. The van der Waals surface area contributed by atoms with E-state index in [9.17, 15) is 4.79 Å². The molecule has 1 aromatic carbocycles. The predicted molar refractivity (Wildman–Crippen MR) is 87.6 cm³/mol. The number of hydrogen-bond donors (Lipinski definition) is 1. The Morgan fingerprint density at radius 2 is 1.76 bits per heavy atom. The molecule has 112 valence electrons. The van der Waals surface area contributed by atoms with Crippen molar-refractivity contribution in [3.8, 4) is 0 Å². The maximum absolute atomic E-state index is 12.7. The number of aryl methyl sites for hydroxylation is 2. The summed E-state index contributed by atoms with van der Waals surface area (Å²) in [7, 11) is 0. The first-order valence-electron chi connectivity index (χ1n) is 7.57. The van der Waals surface area contributed by atoms with Crippen LogP contribution in [0.5, 0.6) is 0 Å². The lowest BCUT2D eigenvalue weighted by molar-refractivity contribution is 0.590. The van der Waals surface area contributed by atoms with E-state index in [0.717, 1.165) is 30.6 Å². The SMILES string of the molecule is CCCCn1c(C)ccc(C(N)c2ccc(C)cc2)c1=O. The fourth-order valence-corrected chi connectivity index (χ4v) is 2.47. The molecular formula is C18H24N2O. The zero-order valence-corrected chi connectivity index (χ0v) is 13.1. The highest BCUT2D eigenvalue weighted by molar-refractivity contribution is 5.32. The number of benzene rings is 1. The number of hydrogen-bond acceptors (Lipinski definition) is 2. The van der Waals surface area contributed by atoms with E-state index in [0.29, 0.717) is 5.56 Å². The summed E-state index contributed by atoms with van der Waals surface area (Å²) in [6, 6.07) is 11.5. The predicted octanol–water partition coefficient (Wildman–Crippen LogP) is 3.31. The highest BCUT2D eigenvalue weighted by Crippen LogP contribution is 2.17. The lowest BCUT2D eigenvalue weighted by Crippen LogP contribution is -2.30. The third-order valence-electron chi connectivity index (χ3n) is 3.93. The Labute approximate surface area is 126 Å². The molecule has 1 aromatic heterocycles. The third-order valence-corrected chi connectivity index (χ3v) is 3.93. The van der Waals surface area contributed by atoms with E-state index in [1.54, 1.807) is 0 Å². The van der Waals surface area contributed by atoms with Gasteiger partial charge in [0.05, 0.1) is 6.04 Å². The van der Waals surface area contributed by atoms with Crippen LogP contribution in [0.15, 0.2) is 41.2 Å². The summed E-state index contributed by atoms with van der Waals surface area (Å²) in [4.78, 5) is 12.7. The zero-order valence-electron chi connectivity index (χ0n) is 13.1. The molecule has 0 aliphatic heterocycles. The van der Waals surface area contributed by atoms with E-state index in [-0.39, 0.29) is 11.6 Å².